The van der Waals surface area contributed by atoms with Gasteiger partial charge in [-0.05, 0) is 32.1 Å². The predicted octanol–water partition coefficient (Wildman–Crippen LogP) is 0.557. The molecule has 24 heavy (non-hydrogen) atoms. The van der Waals surface area contributed by atoms with Crippen LogP contribution in [-0.4, -0.2) is 60.5 Å². The third kappa shape index (κ3) is 3.26. The number of hydrogen-bond donors (Lipinski definition) is 2. The zero-order valence-corrected chi connectivity index (χ0v) is 14.1. The van der Waals surface area contributed by atoms with Gasteiger partial charge >= 0.3 is 0 Å². The van der Waals surface area contributed by atoms with Gasteiger partial charge in [-0.2, -0.15) is 0 Å². The van der Waals surface area contributed by atoms with Crippen molar-refractivity contribution >= 4 is 11.6 Å². The number of allylic oxidation sites excluding steroid dienone is 2. The first-order valence-electron chi connectivity index (χ1n) is 8.35. The molecule has 4 N–H and O–H groups in total. The number of aromatic nitrogens is 1. The molecule has 0 amide bonds. The summed E-state index contributed by atoms with van der Waals surface area (Å²) < 4.78 is 0. The summed E-state index contributed by atoms with van der Waals surface area (Å²) in [5, 5.41) is 0. The molecule has 6 heteroatoms. The summed E-state index contributed by atoms with van der Waals surface area (Å²) >= 11 is 0. The van der Waals surface area contributed by atoms with Gasteiger partial charge in [0.1, 0.15) is 11.4 Å². The zero-order valence-electron chi connectivity index (χ0n) is 14.1. The first-order valence-corrected chi connectivity index (χ1v) is 8.35. The third-order valence-corrected chi connectivity index (χ3v) is 4.80. The van der Waals surface area contributed by atoms with Gasteiger partial charge in [-0.1, -0.05) is 24.3 Å². The number of Topliss-reactive ketones (excluding diaryl/α,β-unsaturated/α-hetero) is 1. The van der Waals surface area contributed by atoms with Crippen molar-refractivity contribution in [2.75, 3.05) is 38.1 Å². The van der Waals surface area contributed by atoms with E-state index in [9.17, 15) is 4.79 Å². The van der Waals surface area contributed by atoms with E-state index >= 15 is 0 Å². The van der Waals surface area contributed by atoms with Crippen LogP contribution in [0.15, 0.2) is 42.6 Å². The molecule has 1 aromatic rings. The molecular formula is C18H25N5O. The largest absolute Gasteiger partial charge is 0.355 e. The molecule has 1 fully saturated rings. The van der Waals surface area contributed by atoms with Crippen LogP contribution in [0, 0.1) is 0 Å². The van der Waals surface area contributed by atoms with Crippen LogP contribution in [0.3, 0.4) is 0 Å². The molecule has 1 aliphatic carbocycles. The van der Waals surface area contributed by atoms with Crippen LogP contribution >= 0.6 is 0 Å². The lowest BCUT2D eigenvalue weighted by Gasteiger charge is -2.31. The summed E-state index contributed by atoms with van der Waals surface area (Å²) in [6.45, 7) is 4.03. The van der Waals surface area contributed by atoms with E-state index in [2.05, 4.69) is 21.8 Å². The lowest BCUT2D eigenvalue weighted by Crippen LogP contribution is -2.59. The van der Waals surface area contributed by atoms with Crippen molar-refractivity contribution < 1.29 is 4.79 Å². The molecule has 1 aromatic heterocycles. The van der Waals surface area contributed by atoms with E-state index in [1.807, 2.05) is 6.07 Å². The summed E-state index contributed by atoms with van der Waals surface area (Å²) in [6.07, 6.45) is 9.69. The molecule has 0 saturated carbocycles. The Kier molecular flexibility index (Phi) is 4.80. The molecular weight excluding hydrogens is 302 g/mol. The Labute approximate surface area is 142 Å². The minimum atomic E-state index is -1.21. The number of nitrogens with zero attached hydrogens (tertiary/aromatic N) is 3. The highest BCUT2D eigenvalue weighted by Crippen LogP contribution is 2.21. The molecule has 2 unspecified atom stereocenters. The fourth-order valence-electron chi connectivity index (χ4n) is 3.13. The maximum Gasteiger partial charge on any atom is 0.190 e. The van der Waals surface area contributed by atoms with Gasteiger partial charge < -0.3 is 21.3 Å². The standard InChI is InChI=1S/C18H25N5O/c1-22-9-4-10-23(12-11-22)16-7-6-14(13-21-16)17(24)18(20)8-3-2-5-15(18)19/h2-3,5-8,13,15H,4,9-12,19-20H2,1H3. The van der Waals surface area contributed by atoms with Crippen LogP contribution in [0.25, 0.3) is 0 Å². The van der Waals surface area contributed by atoms with Crippen LogP contribution in [0.5, 0.6) is 0 Å². The molecule has 1 saturated heterocycles. The van der Waals surface area contributed by atoms with Crippen LogP contribution in [0.2, 0.25) is 0 Å². The quantitative estimate of drug-likeness (QED) is 0.789. The number of carbonyl (C=O) groups is 1. The van der Waals surface area contributed by atoms with E-state index in [0.717, 1.165) is 38.4 Å². The van der Waals surface area contributed by atoms with Crippen molar-refractivity contribution in [1.82, 2.24) is 9.88 Å². The van der Waals surface area contributed by atoms with Crippen molar-refractivity contribution in [3.63, 3.8) is 0 Å². The second-order valence-electron chi connectivity index (χ2n) is 6.58. The molecule has 0 bridgehead atoms. The minimum Gasteiger partial charge on any atom is -0.355 e. The average Bonchev–Trinajstić information content (AvgIpc) is 2.82. The number of pyridine rings is 1. The van der Waals surface area contributed by atoms with Gasteiger partial charge in [0, 0.05) is 31.4 Å². The Bertz CT molecular complexity index is 654. The van der Waals surface area contributed by atoms with Crippen molar-refractivity contribution in [2.24, 2.45) is 11.5 Å². The Hall–Kier alpha value is -2.02. The van der Waals surface area contributed by atoms with E-state index in [1.54, 1.807) is 36.6 Å². The van der Waals surface area contributed by atoms with Crippen LogP contribution in [-0.2, 0) is 0 Å². The predicted molar refractivity (Wildman–Crippen MR) is 96.1 cm³/mol. The van der Waals surface area contributed by atoms with E-state index in [1.165, 1.54) is 0 Å². The number of anilines is 1. The van der Waals surface area contributed by atoms with Crippen LogP contribution < -0.4 is 16.4 Å². The van der Waals surface area contributed by atoms with Gasteiger partial charge in [0.05, 0.1) is 6.04 Å². The number of hydrogen-bond acceptors (Lipinski definition) is 6. The third-order valence-electron chi connectivity index (χ3n) is 4.80. The molecule has 0 spiro atoms. The molecule has 2 atom stereocenters. The normalized spacial score (nSPS) is 28.0. The summed E-state index contributed by atoms with van der Waals surface area (Å²) in [7, 11) is 2.13. The molecule has 6 nitrogen and oxygen atoms in total. The van der Waals surface area contributed by atoms with Crippen LogP contribution in [0.1, 0.15) is 16.8 Å². The fraction of sp³-hybridized carbons (Fsp3) is 0.444. The Morgan fingerprint density at radius 1 is 1.25 bits per heavy atom. The summed E-state index contributed by atoms with van der Waals surface area (Å²) in [6, 6.07) is 3.17. The van der Waals surface area contributed by atoms with Crippen molar-refractivity contribution in [2.45, 2.75) is 18.0 Å². The summed E-state index contributed by atoms with van der Waals surface area (Å²) in [5.41, 5.74) is 11.5. The summed E-state index contributed by atoms with van der Waals surface area (Å²) in [4.78, 5) is 21.8. The zero-order chi connectivity index (χ0) is 17.2. The second-order valence-corrected chi connectivity index (χ2v) is 6.58. The molecule has 3 rings (SSSR count). The topological polar surface area (TPSA) is 88.5 Å². The number of ketones is 1. The lowest BCUT2D eigenvalue weighted by atomic mass is 9.81. The van der Waals surface area contributed by atoms with Gasteiger partial charge in [0.15, 0.2) is 5.78 Å². The molecule has 128 valence electrons. The van der Waals surface area contributed by atoms with Crippen molar-refractivity contribution in [3.05, 3.63) is 48.2 Å². The maximum atomic E-state index is 12.8. The summed E-state index contributed by atoms with van der Waals surface area (Å²) in [5.74, 6) is 0.696. The highest BCUT2D eigenvalue weighted by molar-refractivity contribution is 6.05. The number of nitrogens with two attached hydrogens (primary N) is 2. The van der Waals surface area contributed by atoms with E-state index < -0.39 is 11.6 Å². The number of carbonyl (C=O) groups excluding carboxylic acids is 1. The second kappa shape index (κ2) is 6.84. The highest BCUT2D eigenvalue weighted by atomic mass is 16.1. The Morgan fingerprint density at radius 2 is 2.08 bits per heavy atom. The minimum absolute atomic E-state index is 0.203. The number of likely N-dealkylation sites (N-methyl/N-ethyl adjacent to an activating group) is 1. The molecule has 2 heterocycles. The van der Waals surface area contributed by atoms with Gasteiger partial charge in [-0.25, -0.2) is 4.98 Å². The van der Waals surface area contributed by atoms with Crippen LogP contribution in [0.4, 0.5) is 5.82 Å². The van der Waals surface area contributed by atoms with Gasteiger partial charge in [0.2, 0.25) is 0 Å². The van der Waals surface area contributed by atoms with Crippen molar-refractivity contribution in [3.8, 4) is 0 Å². The first-order chi connectivity index (χ1) is 11.5. The molecule has 2 aliphatic rings. The monoisotopic (exact) mass is 327 g/mol. The van der Waals surface area contributed by atoms with E-state index in [4.69, 9.17) is 11.5 Å². The van der Waals surface area contributed by atoms with E-state index in [0.29, 0.717) is 5.56 Å². The van der Waals surface area contributed by atoms with Gasteiger partial charge in [-0.3, -0.25) is 4.79 Å². The Morgan fingerprint density at radius 3 is 2.79 bits per heavy atom. The SMILES string of the molecule is CN1CCCN(c2ccc(C(=O)C3(N)C=CC=CC3N)cn2)CC1. The maximum absolute atomic E-state index is 12.8. The highest BCUT2D eigenvalue weighted by Gasteiger charge is 2.38. The Balaban J connectivity index is 1.76. The molecule has 0 radical (unpaired) electrons. The first kappa shape index (κ1) is 16.8. The average molecular weight is 327 g/mol. The van der Waals surface area contributed by atoms with Gasteiger partial charge in [0.25, 0.3) is 0 Å². The molecule has 0 aromatic carbocycles. The lowest BCUT2D eigenvalue weighted by molar-refractivity contribution is 0.0911. The molecule has 1 aliphatic heterocycles. The van der Waals surface area contributed by atoms with E-state index in [-0.39, 0.29) is 5.78 Å². The fourth-order valence-corrected chi connectivity index (χ4v) is 3.13. The van der Waals surface area contributed by atoms with Gasteiger partial charge in [-0.15, -0.1) is 0 Å². The smallest absolute Gasteiger partial charge is 0.190 e. The van der Waals surface area contributed by atoms with Crippen molar-refractivity contribution in [1.29, 1.82) is 0 Å². The number of rotatable bonds is 3.